The summed E-state index contributed by atoms with van der Waals surface area (Å²) in [6, 6.07) is 0. The molecule has 0 aliphatic rings. The van der Waals surface area contributed by atoms with Crippen molar-refractivity contribution in [3.8, 4) is 0 Å². The van der Waals surface area contributed by atoms with Crippen LogP contribution >= 0.6 is 0 Å². The Balaban J connectivity index is 3.89. The lowest BCUT2D eigenvalue weighted by molar-refractivity contribution is -0.258. The Morgan fingerprint density at radius 3 is 1.50 bits per heavy atom. The van der Waals surface area contributed by atoms with Gasteiger partial charge in [0.1, 0.15) is 18.4 Å². The van der Waals surface area contributed by atoms with E-state index >= 15 is 0 Å². The van der Waals surface area contributed by atoms with Crippen LogP contribution in [0.2, 0.25) is 0 Å². The van der Waals surface area contributed by atoms with Gasteiger partial charge in [0, 0.05) is 0 Å². The van der Waals surface area contributed by atoms with Crippen LogP contribution in [0.5, 0.6) is 0 Å². The van der Waals surface area contributed by atoms with E-state index in [1.165, 1.54) is 0 Å². The first-order chi connectivity index (χ1) is 9.60. The summed E-state index contributed by atoms with van der Waals surface area (Å²) in [5.41, 5.74) is -7.47. The molecule has 0 fully saturated rings. The normalized spacial score (nSPS) is 14.1. The quantitative estimate of drug-likeness (QED) is 0.761. The van der Waals surface area contributed by atoms with Crippen molar-refractivity contribution in [3.63, 3.8) is 0 Å². The Morgan fingerprint density at radius 1 is 0.773 bits per heavy atom. The number of alkyl halides is 11. The Kier molecular flexibility index (Phi) is 4.20. The Hall–Kier alpha value is -1.89. The molecule has 3 nitrogen and oxygen atoms in total. The Morgan fingerprint density at radius 2 is 1.23 bits per heavy atom. The fourth-order valence-electron chi connectivity index (χ4n) is 1.30. The van der Waals surface area contributed by atoms with Crippen LogP contribution in [-0.2, 0) is 0 Å². The third-order valence-corrected chi connectivity index (χ3v) is 2.11. The summed E-state index contributed by atoms with van der Waals surface area (Å²) in [5.74, 6) is -6.49. The molecule has 0 saturated carbocycles. The van der Waals surface area contributed by atoms with Gasteiger partial charge in [-0.3, -0.25) is 0 Å². The fourth-order valence-corrected chi connectivity index (χ4v) is 1.30. The van der Waals surface area contributed by atoms with Crippen molar-refractivity contribution in [1.82, 2.24) is 14.8 Å². The zero-order valence-corrected chi connectivity index (χ0v) is 9.65. The topological polar surface area (TPSA) is 30.7 Å². The van der Waals surface area contributed by atoms with Crippen molar-refractivity contribution < 1.29 is 48.3 Å². The zero-order chi connectivity index (χ0) is 17.6. The van der Waals surface area contributed by atoms with E-state index in [1.807, 2.05) is 0 Å². The van der Waals surface area contributed by atoms with Crippen LogP contribution in [-0.4, -0.2) is 39.2 Å². The molecule has 0 aliphatic carbocycles. The molecule has 0 radical (unpaired) electrons. The van der Waals surface area contributed by atoms with Crippen molar-refractivity contribution >= 4 is 5.70 Å². The Labute approximate surface area is 113 Å². The van der Waals surface area contributed by atoms with Crippen LogP contribution in [0.25, 0.3) is 5.70 Å². The molecule has 1 aromatic heterocycles. The lowest BCUT2D eigenvalue weighted by Gasteiger charge is -2.26. The highest BCUT2D eigenvalue weighted by atomic mass is 19.4. The highest BCUT2D eigenvalue weighted by Crippen LogP contribution is 2.50. The van der Waals surface area contributed by atoms with Crippen LogP contribution in [0, 0.1) is 0 Å². The van der Waals surface area contributed by atoms with E-state index in [2.05, 4.69) is 10.1 Å². The second kappa shape index (κ2) is 5.08. The number of aromatic nitrogens is 3. The molecule has 0 saturated heterocycles. The van der Waals surface area contributed by atoms with Gasteiger partial charge < -0.3 is 0 Å². The number of hydrogen-bond donors (Lipinski definition) is 0. The minimum Gasteiger partial charge on any atom is -0.223 e. The predicted molar refractivity (Wildman–Crippen MR) is 46.3 cm³/mol. The van der Waals surface area contributed by atoms with Crippen LogP contribution in [0.3, 0.4) is 0 Å². The molecule has 1 heterocycles. The first kappa shape index (κ1) is 18.2. The third-order valence-electron chi connectivity index (χ3n) is 2.11. The maximum atomic E-state index is 13.2. The van der Waals surface area contributed by atoms with Crippen LogP contribution in [0.4, 0.5) is 48.3 Å². The second-order valence-electron chi connectivity index (χ2n) is 3.63. The monoisotopic (exact) mass is 349 g/mol. The molecule has 126 valence electrons. The van der Waals surface area contributed by atoms with Crippen molar-refractivity contribution in [2.24, 2.45) is 0 Å². The molecular weight excluding hydrogens is 347 g/mol. The second-order valence-corrected chi connectivity index (χ2v) is 3.63. The summed E-state index contributed by atoms with van der Waals surface area (Å²) in [4.78, 5) is 2.77. The van der Waals surface area contributed by atoms with Gasteiger partial charge in [-0.15, -0.1) is 0 Å². The van der Waals surface area contributed by atoms with Gasteiger partial charge in [0.25, 0.3) is 0 Å². The minimum atomic E-state index is -6.73. The molecule has 0 aliphatic heterocycles. The van der Waals surface area contributed by atoms with Crippen LogP contribution in [0.15, 0.2) is 18.2 Å². The van der Waals surface area contributed by atoms with E-state index in [-0.39, 0.29) is 12.7 Å². The van der Waals surface area contributed by atoms with Gasteiger partial charge in [-0.2, -0.15) is 53.4 Å². The van der Waals surface area contributed by atoms with Gasteiger partial charge in [0.2, 0.25) is 0 Å². The van der Waals surface area contributed by atoms with Crippen molar-refractivity contribution in [1.29, 1.82) is 0 Å². The molecule has 0 aromatic carbocycles. The largest absolute Gasteiger partial charge is 0.459 e. The number of nitrogens with zero attached hydrogens (tertiary/aromatic N) is 3. The molecular formula is C8H2F11N3. The lowest BCUT2D eigenvalue weighted by Crippen LogP contribution is -2.43. The van der Waals surface area contributed by atoms with E-state index in [9.17, 15) is 48.3 Å². The minimum absolute atomic E-state index is 0.146. The molecule has 1 rings (SSSR count). The highest BCUT2D eigenvalue weighted by molar-refractivity contribution is 5.60. The number of hydrogen-bond acceptors (Lipinski definition) is 2. The van der Waals surface area contributed by atoms with Crippen LogP contribution < -0.4 is 0 Å². The first-order valence-corrected chi connectivity index (χ1v) is 4.79. The summed E-state index contributed by atoms with van der Waals surface area (Å²) in [6.07, 6.45) is -19.8. The number of rotatable bonds is 2. The van der Waals surface area contributed by atoms with Crippen molar-refractivity contribution in [2.75, 3.05) is 0 Å². The van der Waals surface area contributed by atoms with E-state index in [4.69, 9.17) is 0 Å². The summed E-state index contributed by atoms with van der Waals surface area (Å²) < 4.78 is 137. The average molecular weight is 349 g/mol. The molecule has 0 N–H and O–H groups in total. The molecule has 14 heteroatoms. The maximum Gasteiger partial charge on any atom is 0.459 e. The van der Waals surface area contributed by atoms with Crippen LogP contribution in [0.1, 0.15) is 0 Å². The number of allylic oxidation sites excluding steroid dienone is 2. The lowest BCUT2D eigenvalue weighted by atomic mass is 10.1. The van der Waals surface area contributed by atoms with Gasteiger partial charge in [-0.05, 0) is 0 Å². The molecule has 0 spiro atoms. The number of halogens is 11. The molecule has 0 amide bonds. The van der Waals surface area contributed by atoms with E-state index in [0.29, 0.717) is 0 Å². The molecule has 0 atom stereocenters. The standard InChI is InChI=1S/C8H2F11N3/c9-5(10,8(17,18)19)4(22-2-20-1-21-22)3(6(11,12)13)7(14,15)16/h1-2H. The average Bonchev–Trinajstić information content (AvgIpc) is 2.72. The third kappa shape index (κ3) is 3.30. The maximum absolute atomic E-state index is 13.2. The van der Waals surface area contributed by atoms with E-state index in [0.717, 1.165) is 0 Å². The fraction of sp³-hybridized carbons (Fsp3) is 0.500. The van der Waals surface area contributed by atoms with Gasteiger partial charge in [0.05, 0.1) is 0 Å². The molecule has 0 bridgehead atoms. The van der Waals surface area contributed by atoms with Gasteiger partial charge in [-0.1, -0.05) is 0 Å². The van der Waals surface area contributed by atoms with E-state index in [1.54, 1.807) is 0 Å². The van der Waals surface area contributed by atoms with Gasteiger partial charge in [0.15, 0.2) is 5.57 Å². The predicted octanol–water partition coefficient (Wildman–Crippen LogP) is 3.81. The summed E-state index contributed by atoms with van der Waals surface area (Å²) in [6.45, 7) is 0. The zero-order valence-electron chi connectivity index (χ0n) is 9.65. The van der Waals surface area contributed by atoms with E-state index < -0.39 is 40.4 Å². The van der Waals surface area contributed by atoms with Crippen molar-refractivity contribution in [2.45, 2.75) is 24.5 Å². The van der Waals surface area contributed by atoms with Gasteiger partial charge in [-0.25, -0.2) is 9.67 Å². The summed E-state index contributed by atoms with van der Waals surface area (Å²) in [7, 11) is 0. The smallest absolute Gasteiger partial charge is 0.223 e. The SMILES string of the molecule is FC(F)(F)C(=C(n1cncn1)C(F)(F)C(F)(F)F)C(F)(F)F. The molecule has 1 aromatic rings. The van der Waals surface area contributed by atoms with Gasteiger partial charge >= 0.3 is 24.5 Å². The summed E-state index contributed by atoms with van der Waals surface area (Å²) >= 11 is 0. The summed E-state index contributed by atoms with van der Waals surface area (Å²) in [5, 5.41) is 2.51. The Bertz CT molecular complexity index is 529. The van der Waals surface area contributed by atoms with Crippen molar-refractivity contribution in [3.05, 3.63) is 18.2 Å². The molecule has 22 heavy (non-hydrogen) atoms. The molecule has 0 unspecified atom stereocenters. The first-order valence-electron chi connectivity index (χ1n) is 4.79. The highest BCUT2D eigenvalue weighted by Gasteiger charge is 2.67.